The summed E-state index contributed by atoms with van der Waals surface area (Å²) < 4.78 is 0. The Bertz CT molecular complexity index is 637. The third kappa shape index (κ3) is 2.95. The van der Waals surface area contributed by atoms with Crippen molar-refractivity contribution in [2.75, 3.05) is 0 Å². The van der Waals surface area contributed by atoms with Crippen LogP contribution in [0.2, 0.25) is 0 Å². The van der Waals surface area contributed by atoms with E-state index in [-0.39, 0.29) is 17.9 Å². The van der Waals surface area contributed by atoms with E-state index in [0.29, 0.717) is 0 Å². The lowest BCUT2D eigenvalue weighted by atomic mass is 10.0. The van der Waals surface area contributed by atoms with Crippen LogP contribution in [0.25, 0.3) is 10.8 Å². The minimum atomic E-state index is -0.375. The Hall–Kier alpha value is -2.27. The first-order chi connectivity index (χ1) is 9.11. The van der Waals surface area contributed by atoms with Crippen LogP contribution in [0, 0.1) is 18.3 Å². The number of benzene rings is 2. The lowest BCUT2D eigenvalue weighted by Crippen LogP contribution is -2.31. The smallest absolute Gasteiger partial charge is 0.223 e. The summed E-state index contributed by atoms with van der Waals surface area (Å²) >= 11 is 0. The number of hydrogen-bond acceptors (Lipinski definition) is 1. The van der Waals surface area contributed by atoms with E-state index in [1.165, 1.54) is 0 Å². The Morgan fingerprint density at radius 1 is 1.16 bits per heavy atom. The van der Waals surface area contributed by atoms with Crippen molar-refractivity contribution in [1.82, 2.24) is 5.32 Å². The summed E-state index contributed by atoms with van der Waals surface area (Å²) in [5, 5.41) is 5.16. The molecule has 0 heterocycles. The maximum Gasteiger partial charge on any atom is 0.223 e. The number of nitrogens with one attached hydrogen (secondary N) is 1. The van der Waals surface area contributed by atoms with Crippen LogP contribution < -0.4 is 5.32 Å². The van der Waals surface area contributed by atoms with Crippen LogP contribution in [-0.4, -0.2) is 5.91 Å². The largest absolute Gasteiger partial charge is 0.338 e. The number of terminal acetylenes is 1. The molecule has 1 atom stereocenters. The average molecular weight is 251 g/mol. The van der Waals surface area contributed by atoms with Gasteiger partial charge in [0.2, 0.25) is 5.91 Å². The van der Waals surface area contributed by atoms with Crippen LogP contribution in [0.1, 0.15) is 25.5 Å². The van der Waals surface area contributed by atoms with Crippen LogP contribution in [0.15, 0.2) is 42.5 Å². The van der Waals surface area contributed by atoms with Crippen LogP contribution in [0.4, 0.5) is 0 Å². The molecule has 2 rings (SSSR count). The highest BCUT2D eigenvalue weighted by atomic mass is 16.1. The average Bonchev–Trinajstić information content (AvgIpc) is 2.43. The standard InChI is InChI=1S/C17H17NO/c1-4-16(18-17(19)12(2)3)15-10-9-13-7-5-6-8-14(13)11-15/h1,5-12,16H,2-3H3,(H,18,19). The number of fused-ring (bicyclic) bond motifs is 1. The predicted molar refractivity (Wildman–Crippen MR) is 78.5 cm³/mol. The van der Waals surface area contributed by atoms with Gasteiger partial charge in [0, 0.05) is 5.92 Å². The molecule has 1 N–H and O–H groups in total. The predicted octanol–water partition coefficient (Wildman–Crippen LogP) is 3.29. The molecule has 2 aromatic rings. The Kier molecular flexibility index (Phi) is 3.87. The molecule has 19 heavy (non-hydrogen) atoms. The van der Waals surface area contributed by atoms with Gasteiger partial charge in [-0.3, -0.25) is 4.79 Å². The van der Waals surface area contributed by atoms with E-state index < -0.39 is 0 Å². The molecule has 2 aromatic carbocycles. The summed E-state index contributed by atoms with van der Waals surface area (Å²) in [5.74, 6) is 2.53. The molecular formula is C17H17NO. The van der Waals surface area contributed by atoms with E-state index in [9.17, 15) is 4.79 Å². The molecule has 96 valence electrons. The molecule has 1 unspecified atom stereocenters. The van der Waals surface area contributed by atoms with Gasteiger partial charge in [0.15, 0.2) is 0 Å². The van der Waals surface area contributed by atoms with Crippen molar-refractivity contribution in [3.63, 3.8) is 0 Å². The fraction of sp³-hybridized carbons (Fsp3) is 0.235. The number of amides is 1. The number of carbonyl (C=O) groups excluding carboxylic acids is 1. The van der Waals surface area contributed by atoms with Crippen LogP contribution in [0.5, 0.6) is 0 Å². The van der Waals surface area contributed by atoms with E-state index in [0.717, 1.165) is 16.3 Å². The van der Waals surface area contributed by atoms with Crippen molar-refractivity contribution >= 4 is 16.7 Å². The summed E-state index contributed by atoms with van der Waals surface area (Å²) in [7, 11) is 0. The lowest BCUT2D eigenvalue weighted by molar-refractivity contribution is -0.124. The van der Waals surface area contributed by atoms with Gasteiger partial charge in [-0.15, -0.1) is 6.42 Å². The molecule has 1 amide bonds. The van der Waals surface area contributed by atoms with Crippen LogP contribution in [-0.2, 0) is 4.79 Å². The van der Waals surface area contributed by atoms with Gasteiger partial charge in [-0.1, -0.05) is 56.2 Å². The van der Waals surface area contributed by atoms with Crippen molar-refractivity contribution in [3.05, 3.63) is 48.0 Å². The second-order valence-electron chi connectivity index (χ2n) is 4.87. The maximum atomic E-state index is 11.7. The molecule has 0 aliphatic heterocycles. The zero-order valence-corrected chi connectivity index (χ0v) is 11.2. The highest BCUT2D eigenvalue weighted by molar-refractivity contribution is 5.84. The van der Waals surface area contributed by atoms with Gasteiger partial charge in [-0.25, -0.2) is 0 Å². The molecule has 0 aliphatic carbocycles. The maximum absolute atomic E-state index is 11.7. The van der Waals surface area contributed by atoms with E-state index in [4.69, 9.17) is 6.42 Å². The summed E-state index contributed by atoms with van der Waals surface area (Å²) in [6.07, 6.45) is 5.53. The lowest BCUT2D eigenvalue weighted by Gasteiger charge is -2.15. The second kappa shape index (κ2) is 5.58. The van der Waals surface area contributed by atoms with E-state index in [2.05, 4.69) is 17.3 Å². The number of carbonyl (C=O) groups is 1. The molecule has 0 saturated carbocycles. The minimum Gasteiger partial charge on any atom is -0.338 e. The zero-order valence-electron chi connectivity index (χ0n) is 11.2. The van der Waals surface area contributed by atoms with Gasteiger partial charge < -0.3 is 5.32 Å². The molecule has 0 fully saturated rings. The highest BCUT2D eigenvalue weighted by Gasteiger charge is 2.14. The van der Waals surface area contributed by atoms with Gasteiger partial charge in [0.25, 0.3) is 0 Å². The third-order valence-corrected chi connectivity index (χ3v) is 3.08. The normalized spacial score (nSPS) is 12.1. The Morgan fingerprint density at radius 3 is 2.47 bits per heavy atom. The third-order valence-electron chi connectivity index (χ3n) is 3.08. The van der Waals surface area contributed by atoms with Crippen molar-refractivity contribution in [3.8, 4) is 12.3 Å². The van der Waals surface area contributed by atoms with Crippen molar-refractivity contribution in [1.29, 1.82) is 0 Å². The first-order valence-corrected chi connectivity index (χ1v) is 6.37. The van der Waals surface area contributed by atoms with E-state index in [1.54, 1.807) is 0 Å². The van der Waals surface area contributed by atoms with Gasteiger partial charge in [-0.05, 0) is 22.4 Å². The summed E-state index contributed by atoms with van der Waals surface area (Å²) in [5.41, 5.74) is 0.940. The van der Waals surface area contributed by atoms with Crippen LogP contribution >= 0.6 is 0 Å². The van der Waals surface area contributed by atoms with Gasteiger partial charge in [0.05, 0.1) is 0 Å². The molecular weight excluding hydrogens is 234 g/mol. The van der Waals surface area contributed by atoms with Crippen molar-refractivity contribution < 1.29 is 4.79 Å². The summed E-state index contributed by atoms with van der Waals surface area (Å²) in [6, 6.07) is 13.7. The highest BCUT2D eigenvalue weighted by Crippen LogP contribution is 2.20. The van der Waals surface area contributed by atoms with Crippen molar-refractivity contribution in [2.45, 2.75) is 19.9 Å². The fourth-order valence-electron chi connectivity index (χ4n) is 1.92. The van der Waals surface area contributed by atoms with Gasteiger partial charge >= 0.3 is 0 Å². The topological polar surface area (TPSA) is 29.1 Å². The minimum absolute atomic E-state index is 0.0314. The first-order valence-electron chi connectivity index (χ1n) is 6.37. The number of hydrogen-bond donors (Lipinski definition) is 1. The molecule has 0 radical (unpaired) electrons. The molecule has 0 spiro atoms. The number of rotatable bonds is 3. The van der Waals surface area contributed by atoms with Crippen molar-refractivity contribution in [2.24, 2.45) is 5.92 Å². The van der Waals surface area contributed by atoms with E-state index >= 15 is 0 Å². The second-order valence-corrected chi connectivity index (χ2v) is 4.87. The molecule has 0 saturated heterocycles. The summed E-state index contributed by atoms with van der Waals surface area (Å²) in [6.45, 7) is 3.70. The summed E-state index contributed by atoms with van der Waals surface area (Å²) in [4.78, 5) is 11.7. The van der Waals surface area contributed by atoms with E-state index in [1.807, 2.05) is 50.2 Å². The van der Waals surface area contributed by atoms with Gasteiger partial charge in [-0.2, -0.15) is 0 Å². The first kappa shape index (κ1) is 13.2. The quantitative estimate of drug-likeness (QED) is 0.833. The fourth-order valence-corrected chi connectivity index (χ4v) is 1.92. The van der Waals surface area contributed by atoms with Crippen LogP contribution in [0.3, 0.4) is 0 Å². The van der Waals surface area contributed by atoms with Gasteiger partial charge in [0.1, 0.15) is 6.04 Å². The molecule has 0 aromatic heterocycles. The Balaban J connectivity index is 2.31. The molecule has 0 aliphatic rings. The Labute approximate surface area is 113 Å². The monoisotopic (exact) mass is 251 g/mol. The SMILES string of the molecule is C#CC(NC(=O)C(C)C)c1ccc2ccccc2c1. The molecule has 2 nitrogen and oxygen atoms in total. The Morgan fingerprint density at radius 2 is 1.84 bits per heavy atom. The zero-order chi connectivity index (χ0) is 13.8. The molecule has 2 heteroatoms. The molecule has 0 bridgehead atoms.